The normalized spacial score (nSPS) is 13.3. The van der Waals surface area contributed by atoms with Crippen molar-refractivity contribution in [2.24, 2.45) is 25.9 Å². The van der Waals surface area contributed by atoms with Crippen molar-refractivity contribution in [2.45, 2.75) is 58.9 Å². The van der Waals surface area contributed by atoms with Gasteiger partial charge in [-0.1, -0.05) is 24.3 Å². The molecule has 2 saturated carbocycles. The van der Waals surface area contributed by atoms with Crippen LogP contribution in [0.15, 0.2) is 114 Å². The van der Waals surface area contributed by atoms with Gasteiger partial charge in [0.25, 0.3) is 22.2 Å². The molecule has 2 aliphatic carbocycles. The molecule has 0 saturated heterocycles. The number of aromatic nitrogens is 6. The van der Waals surface area contributed by atoms with Gasteiger partial charge in [0.2, 0.25) is 0 Å². The predicted octanol–water partition coefficient (Wildman–Crippen LogP) is 9.18. The summed E-state index contributed by atoms with van der Waals surface area (Å²) < 4.78 is 63.0. The molecule has 4 aromatic carbocycles. The zero-order valence-electron chi connectivity index (χ0n) is 40.3. The van der Waals surface area contributed by atoms with E-state index in [1.807, 2.05) is 45.2 Å². The number of anilines is 4. The molecule has 0 aliphatic heterocycles. The molecule has 2 fully saturated rings. The highest BCUT2D eigenvalue weighted by Gasteiger charge is 2.29. The van der Waals surface area contributed by atoms with Crippen molar-refractivity contribution >= 4 is 102 Å². The van der Waals surface area contributed by atoms with Crippen molar-refractivity contribution in [1.29, 1.82) is 0 Å². The van der Waals surface area contributed by atoms with Gasteiger partial charge in [0.15, 0.2) is 11.6 Å². The van der Waals surface area contributed by atoms with Crippen molar-refractivity contribution in [3.05, 3.63) is 188 Å². The summed E-state index contributed by atoms with van der Waals surface area (Å²) in [5.41, 5.74) is -4.27. The van der Waals surface area contributed by atoms with Crippen molar-refractivity contribution in [3.63, 3.8) is 0 Å². The Morgan fingerprint density at radius 2 is 1.07 bits per heavy atom. The summed E-state index contributed by atoms with van der Waals surface area (Å²) in [6.07, 6.45) is 4.75. The highest BCUT2D eigenvalue weighted by atomic mass is 127. The number of hydrogen-bond acceptors (Lipinski definition) is 10. The molecule has 4 aromatic heterocycles. The van der Waals surface area contributed by atoms with Gasteiger partial charge in [0.1, 0.15) is 34.0 Å². The Morgan fingerprint density at radius 1 is 0.627 bits per heavy atom. The highest BCUT2D eigenvalue weighted by Crippen LogP contribution is 2.35. The fraction of sp³-hybridized carbons (Fsp3) is 0.245. The first-order chi connectivity index (χ1) is 35.6. The first-order valence-electron chi connectivity index (χ1n) is 23.4. The Morgan fingerprint density at radius 3 is 1.51 bits per heavy atom. The molecule has 22 heteroatoms. The Bertz CT molecular complexity index is 4100. The predicted molar refractivity (Wildman–Crippen MR) is 293 cm³/mol. The van der Waals surface area contributed by atoms with Crippen LogP contribution in [0.2, 0.25) is 0 Å². The first kappa shape index (κ1) is 52.6. The number of nitrogens with zero attached hydrogens (tertiary/aromatic N) is 5. The van der Waals surface area contributed by atoms with Crippen LogP contribution >= 0.6 is 45.2 Å². The van der Waals surface area contributed by atoms with Gasteiger partial charge < -0.3 is 10.6 Å². The van der Waals surface area contributed by atoms with Crippen LogP contribution in [0.3, 0.4) is 0 Å². The van der Waals surface area contributed by atoms with E-state index in [2.05, 4.69) is 15.6 Å². The van der Waals surface area contributed by atoms with Gasteiger partial charge in [-0.05, 0) is 157 Å². The van der Waals surface area contributed by atoms with Gasteiger partial charge in [-0.2, -0.15) is 13.3 Å². The standard InChI is InChI=1S/C27H22F3IN4O4.C26H22FIN4O4/c1-13-22-21(23(33(2)24(13)37)32-19-9-8-16(31)12-18(19)28)25(38)35(26(29)30)27(39)34(22)17-5-3-4-15(11-17)20(36)10-14-6-7-14;1-13-22-21(23(31(2)25(13)35)29-19-9-8-16(28)12-18(19)27)24(34)30-26(36)32(22)17-5-3-4-15(11-17)20(33)10-14-6-7-14/h3-5,8-9,11-12,14,26,32H,6-7,10H2,1-2H3;3-5,8-9,11-12,14,29H,6-7,10H2,1-2H3,(H,30,34,36). The highest BCUT2D eigenvalue weighted by molar-refractivity contribution is 14.1. The average Bonchev–Trinajstić information content (AvgIpc) is 4.33. The van der Waals surface area contributed by atoms with Gasteiger partial charge >= 0.3 is 17.9 Å². The number of benzene rings is 4. The molecule has 16 nitrogen and oxygen atoms in total. The van der Waals surface area contributed by atoms with Gasteiger partial charge in [0.05, 0.1) is 33.8 Å². The third kappa shape index (κ3) is 10.3. The number of fused-ring (bicyclic) bond motifs is 2. The van der Waals surface area contributed by atoms with Gasteiger partial charge in [-0.15, -0.1) is 0 Å². The van der Waals surface area contributed by atoms with Crippen LogP contribution in [0.1, 0.15) is 76.9 Å². The smallest absolute Gasteiger partial charge is 0.338 e. The van der Waals surface area contributed by atoms with Crippen LogP contribution in [-0.4, -0.2) is 39.4 Å². The summed E-state index contributed by atoms with van der Waals surface area (Å²) in [7, 11) is 2.77. The number of halogens is 6. The second kappa shape index (κ2) is 20.8. The molecular formula is C53H44F4I2N8O8. The molecule has 0 amide bonds. The Hall–Kier alpha value is -7.22. The minimum Gasteiger partial charge on any atom is -0.338 e. The Balaban J connectivity index is 0.000000184. The average molecular weight is 1250 g/mol. The lowest BCUT2D eigenvalue weighted by Crippen LogP contribution is -2.42. The second-order valence-corrected chi connectivity index (χ2v) is 21.0. The van der Waals surface area contributed by atoms with Crippen molar-refractivity contribution < 1.29 is 27.2 Å². The molecule has 0 radical (unpaired) electrons. The van der Waals surface area contributed by atoms with Crippen LogP contribution in [0.25, 0.3) is 33.2 Å². The van der Waals surface area contributed by atoms with E-state index in [1.165, 1.54) is 79.5 Å². The fourth-order valence-electron chi connectivity index (χ4n) is 8.98. The molecule has 0 spiro atoms. The van der Waals surface area contributed by atoms with E-state index in [0.29, 0.717) is 43.1 Å². The number of ketones is 2. The molecule has 386 valence electrons. The lowest BCUT2D eigenvalue weighted by Gasteiger charge is -2.20. The van der Waals surface area contributed by atoms with Crippen LogP contribution in [0.4, 0.5) is 40.6 Å². The van der Waals surface area contributed by atoms with Crippen LogP contribution in [0.5, 0.6) is 0 Å². The third-order valence-electron chi connectivity index (χ3n) is 13.3. The van der Waals surface area contributed by atoms with Crippen LogP contribution in [-0.2, 0) is 14.1 Å². The minimum atomic E-state index is -3.51. The zero-order valence-corrected chi connectivity index (χ0v) is 44.6. The summed E-state index contributed by atoms with van der Waals surface area (Å²) in [6.45, 7) is -0.623. The SMILES string of the molecule is Cc1c(=O)n(C)c(Nc2ccc(I)cc2F)c2c(=O)[nH]c(=O)n(-c3cccc(C(=O)CC4CC4)c3)c12.Cc1c(=O)n(C)c(Nc2ccc(I)cc2F)c2c(=O)n(C(F)F)c(=O)n(-c3cccc(C(=O)CC4CC4)c3)c12. The lowest BCUT2D eigenvalue weighted by atomic mass is 10.0. The molecule has 3 N–H and O–H groups in total. The molecule has 2 aliphatic rings. The number of carbonyl (C=O) groups is 2. The van der Waals surface area contributed by atoms with E-state index in [9.17, 15) is 55.9 Å². The number of hydrogen-bond donors (Lipinski definition) is 3. The third-order valence-corrected chi connectivity index (χ3v) is 14.6. The van der Waals surface area contributed by atoms with E-state index in [-0.39, 0.29) is 77.9 Å². The Kier molecular flexibility index (Phi) is 14.6. The number of rotatable bonds is 13. The van der Waals surface area contributed by atoms with E-state index < -0.39 is 57.2 Å². The molecule has 0 bridgehead atoms. The van der Waals surface area contributed by atoms with Crippen molar-refractivity contribution in [1.82, 2.24) is 27.8 Å². The molecule has 4 heterocycles. The van der Waals surface area contributed by atoms with E-state index in [0.717, 1.165) is 34.8 Å². The van der Waals surface area contributed by atoms with Gasteiger partial charge in [-0.25, -0.2) is 18.4 Å². The van der Waals surface area contributed by atoms with Crippen LogP contribution < -0.4 is 44.3 Å². The number of pyridine rings is 2. The summed E-state index contributed by atoms with van der Waals surface area (Å²) >= 11 is 3.89. The topological polar surface area (TPSA) is 201 Å². The minimum absolute atomic E-state index is 0.0156. The maximum atomic E-state index is 14.7. The number of alkyl halides is 2. The number of aryl methyl sites for hydroxylation is 2. The van der Waals surface area contributed by atoms with Crippen molar-refractivity contribution in [2.75, 3.05) is 10.6 Å². The maximum Gasteiger partial charge on any atom is 0.340 e. The monoisotopic (exact) mass is 1250 g/mol. The van der Waals surface area contributed by atoms with E-state index in [1.54, 1.807) is 42.5 Å². The maximum absolute atomic E-state index is 14.7. The molecular weight excluding hydrogens is 1210 g/mol. The summed E-state index contributed by atoms with van der Waals surface area (Å²) in [5.74, 6) is -0.980. The molecule has 0 atom stereocenters. The molecule has 0 unspecified atom stereocenters. The Labute approximate surface area is 448 Å². The van der Waals surface area contributed by atoms with Gasteiger partial charge in [-0.3, -0.25) is 52.0 Å². The van der Waals surface area contributed by atoms with E-state index >= 15 is 0 Å². The number of H-pyrrole nitrogens is 1. The van der Waals surface area contributed by atoms with Crippen LogP contribution in [0, 0.1) is 44.5 Å². The molecule has 10 rings (SSSR count). The number of aromatic amines is 1. The number of nitrogens with one attached hydrogen (secondary N) is 3. The first-order valence-corrected chi connectivity index (χ1v) is 25.6. The second-order valence-electron chi connectivity index (χ2n) is 18.5. The summed E-state index contributed by atoms with van der Waals surface area (Å²) in [4.78, 5) is 107. The lowest BCUT2D eigenvalue weighted by molar-refractivity contribution is 0.0613. The zero-order chi connectivity index (χ0) is 53.9. The number of Topliss-reactive ketones (excluding diaryl/α,β-unsaturated/α-hetero) is 2. The van der Waals surface area contributed by atoms with Gasteiger partial charge in [0, 0.05) is 56.3 Å². The van der Waals surface area contributed by atoms with Crippen molar-refractivity contribution in [3.8, 4) is 11.4 Å². The number of carbonyl (C=O) groups excluding carboxylic acids is 2. The summed E-state index contributed by atoms with van der Waals surface area (Å²) in [6, 6.07) is 21.1. The summed E-state index contributed by atoms with van der Waals surface area (Å²) in [5, 5.41) is 5.17. The van der Waals surface area contributed by atoms with E-state index in [4.69, 9.17) is 0 Å². The molecule has 8 aromatic rings. The fourth-order valence-corrected chi connectivity index (χ4v) is 9.88. The quantitative estimate of drug-likeness (QED) is 0.0568. The largest absolute Gasteiger partial charge is 0.340 e. The molecule has 75 heavy (non-hydrogen) atoms.